The number of likely N-dealkylation sites (tertiary alicyclic amines) is 1. The molecule has 1 unspecified atom stereocenters. The Hall–Kier alpha value is -1.41. The zero-order valence-corrected chi connectivity index (χ0v) is 17.2. The minimum absolute atomic E-state index is 0.00132. The fourth-order valence-corrected chi connectivity index (χ4v) is 3.84. The van der Waals surface area contributed by atoms with Crippen LogP contribution >= 0.6 is 11.8 Å². The number of ketones is 1. The third kappa shape index (κ3) is 5.54. The van der Waals surface area contributed by atoms with Crippen molar-refractivity contribution in [3.63, 3.8) is 0 Å². The minimum Gasteiger partial charge on any atom is -0.408 e. The molecule has 1 saturated heterocycles. The molecule has 1 aliphatic heterocycles. The van der Waals surface area contributed by atoms with Crippen molar-refractivity contribution in [1.29, 1.82) is 0 Å². The maximum atomic E-state index is 13.1. The van der Waals surface area contributed by atoms with E-state index in [1.807, 2.05) is 27.7 Å². The fourth-order valence-electron chi connectivity index (χ4n) is 3.22. The normalized spacial score (nSPS) is 17.7. The van der Waals surface area contributed by atoms with Crippen molar-refractivity contribution in [2.45, 2.75) is 69.5 Å². The van der Waals surface area contributed by atoms with Crippen LogP contribution in [0.15, 0.2) is 9.64 Å². The van der Waals surface area contributed by atoms with Crippen molar-refractivity contribution < 1.29 is 14.0 Å². The fraction of sp³-hybridized carbons (Fsp3) is 0.778. The van der Waals surface area contributed by atoms with Crippen LogP contribution in [-0.4, -0.2) is 69.7 Å². The Kier molecular flexibility index (Phi) is 7.64. The van der Waals surface area contributed by atoms with E-state index in [1.165, 1.54) is 11.8 Å². The second kappa shape index (κ2) is 9.50. The van der Waals surface area contributed by atoms with Gasteiger partial charge in [0, 0.05) is 11.3 Å². The first kappa shape index (κ1) is 20.9. The predicted molar refractivity (Wildman–Crippen MR) is 101 cm³/mol. The van der Waals surface area contributed by atoms with Crippen LogP contribution in [0, 0.1) is 5.92 Å². The summed E-state index contributed by atoms with van der Waals surface area (Å²) >= 11 is 1.42. The highest BCUT2D eigenvalue weighted by Crippen LogP contribution is 2.25. The molecule has 0 aromatic carbocycles. The largest absolute Gasteiger partial charge is 0.408 e. The number of aromatic nitrogens is 2. The summed E-state index contributed by atoms with van der Waals surface area (Å²) in [4.78, 5) is 28.9. The number of carbonyl (C=O) groups excluding carboxylic acids is 2. The Labute approximate surface area is 159 Å². The molecule has 1 amide bonds. The van der Waals surface area contributed by atoms with Gasteiger partial charge >= 0.3 is 0 Å². The Morgan fingerprint density at radius 1 is 1.31 bits per heavy atom. The average Bonchev–Trinajstić information content (AvgIpc) is 3.03. The summed E-state index contributed by atoms with van der Waals surface area (Å²) in [6, 6.07) is -0.484. The monoisotopic (exact) mass is 382 g/mol. The third-order valence-corrected chi connectivity index (χ3v) is 5.38. The van der Waals surface area contributed by atoms with Gasteiger partial charge < -0.3 is 14.2 Å². The minimum atomic E-state index is -0.557. The number of Topliss-reactive ketones (excluding diaryl/α,β-unsaturated/α-hetero) is 1. The van der Waals surface area contributed by atoms with Crippen molar-refractivity contribution in [3.8, 4) is 0 Å². The number of piperidine rings is 1. The van der Waals surface area contributed by atoms with Gasteiger partial charge in [-0.2, -0.15) is 0 Å². The lowest BCUT2D eigenvalue weighted by Crippen LogP contribution is -2.51. The Morgan fingerprint density at radius 2 is 1.96 bits per heavy atom. The molecule has 1 aromatic rings. The predicted octanol–water partition coefficient (Wildman–Crippen LogP) is 2.72. The third-order valence-electron chi connectivity index (χ3n) is 4.54. The molecule has 0 aliphatic carbocycles. The first-order valence-electron chi connectivity index (χ1n) is 9.27. The van der Waals surface area contributed by atoms with Gasteiger partial charge in [-0.25, -0.2) is 0 Å². The Balaban J connectivity index is 2.20. The van der Waals surface area contributed by atoms with Crippen LogP contribution in [0.1, 0.15) is 57.6 Å². The zero-order chi connectivity index (χ0) is 19.3. The highest BCUT2D eigenvalue weighted by atomic mass is 32.2. The Morgan fingerprint density at radius 3 is 2.50 bits per heavy atom. The van der Waals surface area contributed by atoms with Gasteiger partial charge in [-0.15, -0.1) is 10.2 Å². The van der Waals surface area contributed by atoms with Crippen molar-refractivity contribution in [3.05, 3.63) is 5.89 Å². The number of thioether (sulfide) groups is 1. The van der Waals surface area contributed by atoms with E-state index in [0.29, 0.717) is 11.6 Å². The van der Waals surface area contributed by atoms with E-state index in [4.69, 9.17) is 4.42 Å². The Bertz CT molecular complexity index is 597. The van der Waals surface area contributed by atoms with Gasteiger partial charge in [0.25, 0.3) is 11.1 Å². The lowest BCUT2D eigenvalue weighted by atomic mass is 9.95. The van der Waals surface area contributed by atoms with Crippen LogP contribution in [0.5, 0.6) is 0 Å². The summed E-state index contributed by atoms with van der Waals surface area (Å²) in [6.45, 7) is 9.98. The van der Waals surface area contributed by atoms with Crippen LogP contribution in [0.3, 0.4) is 0 Å². The average molecular weight is 383 g/mol. The summed E-state index contributed by atoms with van der Waals surface area (Å²) in [6.07, 6.45) is 3.14. The molecule has 0 spiro atoms. The molecule has 7 nitrogen and oxygen atoms in total. The SMILES string of the molecule is CC(C)CC(C(=O)c1nnc(SC(C)C)o1)N(C=O)C1CCN(C)CC1. The van der Waals surface area contributed by atoms with Gasteiger partial charge in [0.05, 0.1) is 0 Å². The maximum absolute atomic E-state index is 13.1. The molecule has 2 rings (SSSR count). The maximum Gasteiger partial charge on any atom is 0.286 e. The van der Waals surface area contributed by atoms with E-state index in [1.54, 1.807) is 4.90 Å². The van der Waals surface area contributed by atoms with Crippen molar-refractivity contribution in [2.24, 2.45) is 5.92 Å². The molecule has 0 radical (unpaired) electrons. The number of amides is 1. The summed E-state index contributed by atoms with van der Waals surface area (Å²) in [5, 5.41) is 8.57. The summed E-state index contributed by atoms with van der Waals surface area (Å²) < 4.78 is 5.56. The van der Waals surface area contributed by atoms with Crippen LogP contribution in [0.4, 0.5) is 0 Å². The number of hydrogen-bond donors (Lipinski definition) is 0. The molecule has 2 heterocycles. The first-order chi connectivity index (χ1) is 12.3. The lowest BCUT2D eigenvalue weighted by Gasteiger charge is -2.39. The molecular weight excluding hydrogens is 352 g/mol. The number of hydrogen-bond acceptors (Lipinski definition) is 7. The molecular formula is C18H30N4O3S. The lowest BCUT2D eigenvalue weighted by molar-refractivity contribution is -0.123. The molecule has 146 valence electrons. The molecule has 0 N–H and O–H groups in total. The molecule has 1 aromatic heterocycles. The van der Waals surface area contributed by atoms with Gasteiger partial charge in [-0.1, -0.05) is 39.5 Å². The molecule has 8 heteroatoms. The van der Waals surface area contributed by atoms with Gasteiger partial charge in [0.2, 0.25) is 12.2 Å². The van der Waals surface area contributed by atoms with Gasteiger partial charge in [0.1, 0.15) is 6.04 Å². The van der Waals surface area contributed by atoms with E-state index in [2.05, 4.69) is 22.1 Å². The van der Waals surface area contributed by atoms with E-state index in [0.717, 1.165) is 32.3 Å². The second-order valence-electron chi connectivity index (χ2n) is 7.64. The standard InChI is InChI=1S/C18H30N4O3S/c1-12(2)10-15(22(11-23)14-6-8-21(5)9-7-14)16(24)17-19-20-18(25-17)26-13(3)4/h11-15H,6-10H2,1-5H3. The topological polar surface area (TPSA) is 79.5 Å². The van der Waals surface area contributed by atoms with Crippen LogP contribution in [0.2, 0.25) is 0 Å². The second-order valence-corrected chi connectivity index (χ2v) is 9.16. The van der Waals surface area contributed by atoms with E-state index >= 15 is 0 Å². The van der Waals surface area contributed by atoms with Crippen molar-refractivity contribution in [2.75, 3.05) is 20.1 Å². The molecule has 1 aliphatic rings. The van der Waals surface area contributed by atoms with E-state index in [9.17, 15) is 9.59 Å². The van der Waals surface area contributed by atoms with E-state index < -0.39 is 6.04 Å². The van der Waals surface area contributed by atoms with Gasteiger partial charge in [0.15, 0.2) is 0 Å². The quantitative estimate of drug-likeness (QED) is 0.369. The van der Waals surface area contributed by atoms with Gasteiger partial charge in [-0.05, 0) is 45.3 Å². The number of rotatable bonds is 9. The molecule has 1 fully saturated rings. The summed E-state index contributed by atoms with van der Waals surface area (Å²) in [7, 11) is 2.07. The first-order valence-corrected chi connectivity index (χ1v) is 10.2. The van der Waals surface area contributed by atoms with Crippen molar-refractivity contribution in [1.82, 2.24) is 20.0 Å². The molecule has 0 bridgehead atoms. The highest BCUT2D eigenvalue weighted by molar-refractivity contribution is 7.99. The van der Waals surface area contributed by atoms with Crippen LogP contribution < -0.4 is 0 Å². The molecule has 0 saturated carbocycles. The molecule has 1 atom stereocenters. The van der Waals surface area contributed by atoms with Crippen LogP contribution in [-0.2, 0) is 4.79 Å². The zero-order valence-electron chi connectivity index (χ0n) is 16.3. The van der Waals surface area contributed by atoms with Crippen LogP contribution in [0.25, 0.3) is 0 Å². The summed E-state index contributed by atoms with van der Waals surface area (Å²) in [5.41, 5.74) is 0. The highest BCUT2D eigenvalue weighted by Gasteiger charge is 2.35. The number of nitrogens with zero attached hydrogens (tertiary/aromatic N) is 4. The summed E-state index contributed by atoms with van der Waals surface area (Å²) in [5.74, 6) is 0.0107. The van der Waals surface area contributed by atoms with Gasteiger partial charge in [-0.3, -0.25) is 9.59 Å². The number of carbonyl (C=O) groups is 2. The van der Waals surface area contributed by atoms with Crippen molar-refractivity contribution >= 4 is 24.0 Å². The molecule has 26 heavy (non-hydrogen) atoms. The van der Waals surface area contributed by atoms with E-state index in [-0.39, 0.29) is 28.9 Å². The smallest absolute Gasteiger partial charge is 0.286 e.